The lowest BCUT2D eigenvalue weighted by Crippen LogP contribution is -2.30. The first-order valence-corrected chi connectivity index (χ1v) is 10.0. The van der Waals surface area contributed by atoms with Crippen molar-refractivity contribution in [1.82, 2.24) is 0 Å². The van der Waals surface area contributed by atoms with Gasteiger partial charge in [0.2, 0.25) is 11.8 Å². The molecule has 1 aliphatic carbocycles. The van der Waals surface area contributed by atoms with Crippen LogP contribution in [0, 0.1) is 11.8 Å². The van der Waals surface area contributed by atoms with Gasteiger partial charge < -0.3 is 14.8 Å². The van der Waals surface area contributed by atoms with E-state index in [1.807, 2.05) is 0 Å². The van der Waals surface area contributed by atoms with Gasteiger partial charge >= 0.3 is 0 Å². The zero-order valence-corrected chi connectivity index (χ0v) is 17.0. The zero-order valence-electron chi connectivity index (χ0n) is 17.0. The van der Waals surface area contributed by atoms with Gasteiger partial charge in [-0.05, 0) is 49.2 Å². The summed E-state index contributed by atoms with van der Waals surface area (Å²) in [6.07, 6.45) is 3.52. The van der Waals surface area contributed by atoms with E-state index in [4.69, 9.17) is 9.47 Å². The predicted molar refractivity (Wildman–Crippen MR) is 112 cm³/mol. The molecule has 1 saturated heterocycles. The molecule has 1 saturated carbocycles. The molecule has 0 aromatic heterocycles. The Balaban J connectivity index is 1.52. The fourth-order valence-corrected chi connectivity index (χ4v) is 4.28. The third-order valence-electron chi connectivity index (χ3n) is 5.88. The number of nitrogens with one attached hydrogen (secondary N) is 1. The molecule has 0 radical (unpaired) electrons. The highest BCUT2D eigenvalue weighted by Gasteiger charge is 2.48. The minimum Gasteiger partial charge on any atom is -0.497 e. The number of carbonyl (C=O) groups excluding carboxylic acids is 3. The van der Waals surface area contributed by atoms with Gasteiger partial charge in [-0.15, -0.1) is 0 Å². The summed E-state index contributed by atoms with van der Waals surface area (Å²) < 4.78 is 10.5. The van der Waals surface area contributed by atoms with Crippen LogP contribution in [0.2, 0.25) is 0 Å². The highest BCUT2D eigenvalue weighted by atomic mass is 16.5. The Morgan fingerprint density at radius 1 is 0.933 bits per heavy atom. The van der Waals surface area contributed by atoms with Crippen molar-refractivity contribution >= 4 is 29.1 Å². The van der Waals surface area contributed by atoms with Crippen molar-refractivity contribution in [2.75, 3.05) is 24.4 Å². The van der Waals surface area contributed by atoms with E-state index in [0.717, 1.165) is 25.7 Å². The molecule has 30 heavy (non-hydrogen) atoms. The SMILES string of the molecule is COc1ccc(OC)c(NC(=O)c2ccc(N3C(=O)C4CCCCC4C3=O)cc2)c1. The summed E-state index contributed by atoms with van der Waals surface area (Å²) in [6.45, 7) is 0. The average Bonchev–Trinajstić information content (AvgIpc) is 3.04. The van der Waals surface area contributed by atoms with Gasteiger partial charge in [0.25, 0.3) is 5.91 Å². The number of nitrogens with zero attached hydrogens (tertiary/aromatic N) is 1. The van der Waals surface area contributed by atoms with Crippen molar-refractivity contribution in [1.29, 1.82) is 0 Å². The standard InChI is InChI=1S/C23H24N2O5/c1-29-16-11-12-20(30-2)19(13-16)24-21(26)14-7-9-15(10-8-14)25-22(27)17-5-3-4-6-18(17)23(25)28/h7-13,17-18H,3-6H2,1-2H3,(H,24,26). The molecule has 3 amide bonds. The van der Waals surface area contributed by atoms with Gasteiger partial charge in [-0.3, -0.25) is 19.3 Å². The minimum atomic E-state index is -0.333. The largest absolute Gasteiger partial charge is 0.497 e. The normalized spacial score (nSPS) is 20.7. The van der Waals surface area contributed by atoms with Crippen LogP contribution in [0.15, 0.2) is 42.5 Å². The van der Waals surface area contributed by atoms with Gasteiger partial charge in [-0.1, -0.05) is 12.8 Å². The fraction of sp³-hybridized carbons (Fsp3) is 0.348. The molecule has 2 fully saturated rings. The number of rotatable bonds is 5. The van der Waals surface area contributed by atoms with Gasteiger partial charge in [-0.2, -0.15) is 0 Å². The number of benzene rings is 2. The molecule has 1 N–H and O–H groups in total. The molecule has 4 rings (SSSR count). The topological polar surface area (TPSA) is 84.9 Å². The maximum atomic E-state index is 12.7. The Bertz CT molecular complexity index is 962. The van der Waals surface area contributed by atoms with Crippen LogP contribution in [-0.4, -0.2) is 31.9 Å². The number of imide groups is 1. The van der Waals surface area contributed by atoms with Gasteiger partial charge in [-0.25, -0.2) is 0 Å². The summed E-state index contributed by atoms with van der Waals surface area (Å²) in [5.41, 5.74) is 1.40. The van der Waals surface area contributed by atoms with Crippen molar-refractivity contribution in [2.45, 2.75) is 25.7 Å². The van der Waals surface area contributed by atoms with E-state index in [9.17, 15) is 14.4 Å². The molecule has 7 nitrogen and oxygen atoms in total. The van der Waals surface area contributed by atoms with Crippen LogP contribution in [0.1, 0.15) is 36.0 Å². The van der Waals surface area contributed by atoms with E-state index in [1.165, 1.54) is 12.0 Å². The van der Waals surface area contributed by atoms with Gasteiger partial charge in [0.15, 0.2) is 0 Å². The third-order valence-corrected chi connectivity index (χ3v) is 5.88. The fourth-order valence-electron chi connectivity index (χ4n) is 4.28. The molecule has 7 heteroatoms. The molecular weight excluding hydrogens is 384 g/mol. The summed E-state index contributed by atoms with van der Waals surface area (Å²) in [5, 5.41) is 2.81. The Morgan fingerprint density at radius 2 is 1.57 bits per heavy atom. The summed E-state index contributed by atoms with van der Waals surface area (Å²) in [6, 6.07) is 11.6. The molecule has 2 atom stereocenters. The second-order valence-corrected chi connectivity index (χ2v) is 7.58. The van der Waals surface area contributed by atoms with Crippen molar-refractivity contribution in [3.8, 4) is 11.5 Å². The van der Waals surface area contributed by atoms with Crippen LogP contribution in [0.4, 0.5) is 11.4 Å². The van der Waals surface area contributed by atoms with E-state index in [0.29, 0.717) is 28.4 Å². The second kappa shape index (κ2) is 8.18. The second-order valence-electron chi connectivity index (χ2n) is 7.58. The van der Waals surface area contributed by atoms with Crippen LogP contribution < -0.4 is 19.7 Å². The Labute approximate surface area is 175 Å². The number of ether oxygens (including phenoxy) is 2. The molecule has 156 valence electrons. The van der Waals surface area contributed by atoms with Crippen LogP contribution in [0.3, 0.4) is 0 Å². The Hall–Kier alpha value is -3.35. The van der Waals surface area contributed by atoms with Gasteiger partial charge in [0.05, 0.1) is 37.4 Å². The number of fused-ring (bicyclic) bond motifs is 1. The first-order valence-electron chi connectivity index (χ1n) is 10.0. The Morgan fingerprint density at radius 3 is 2.13 bits per heavy atom. The van der Waals surface area contributed by atoms with Gasteiger partial charge in [0.1, 0.15) is 11.5 Å². The molecule has 2 aliphatic rings. The molecule has 0 bridgehead atoms. The van der Waals surface area contributed by atoms with E-state index in [-0.39, 0.29) is 29.6 Å². The number of anilines is 2. The molecule has 1 aliphatic heterocycles. The summed E-state index contributed by atoms with van der Waals surface area (Å²) in [5.74, 6) is 0.127. The van der Waals surface area contributed by atoms with Crippen molar-refractivity contribution < 1.29 is 23.9 Å². The van der Waals surface area contributed by atoms with Gasteiger partial charge in [0, 0.05) is 11.6 Å². The Kier molecular flexibility index (Phi) is 5.44. The van der Waals surface area contributed by atoms with E-state index in [2.05, 4.69) is 5.32 Å². The summed E-state index contributed by atoms with van der Waals surface area (Å²) in [7, 11) is 3.07. The maximum Gasteiger partial charge on any atom is 0.255 e. The first-order chi connectivity index (χ1) is 14.5. The van der Waals surface area contributed by atoms with E-state index in [1.54, 1.807) is 49.6 Å². The number of methoxy groups -OCH3 is 2. The van der Waals surface area contributed by atoms with E-state index < -0.39 is 0 Å². The molecule has 1 heterocycles. The lowest BCUT2D eigenvalue weighted by Gasteiger charge is -2.19. The summed E-state index contributed by atoms with van der Waals surface area (Å²) in [4.78, 5) is 39.5. The van der Waals surface area contributed by atoms with Crippen molar-refractivity contribution in [2.24, 2.45) is 11.8 Å². The third kappa shape index (κ3) is 3.51. The lowest BCUT2D eigenvalue weighted by molar-refractivity contribution is -0.122. The average molecular weight is 408 g/mol. The van der Waals surface area contributed by atoms with Crippen LogP contribution in [0.25, 0.3) is 0 Å². The number of carbonyl (C=O) groups is 3. The summed E-state index contributed by atoms with van der Waals surface area (Å²) >= 11 is 0. The zero-order chi connectivity index (χ0) is 21.3. The highest BCUT2D eigenvalue weighted by molar-refractivity contribution is 6.22. The molecule has 2 aromatic carbocycles. The van der Waals surface area contributed by atoms with Crippen molar-refractivity contribution in [3.63, 3.8) is 0 Å². The number of hydrogen-bond acceptors (Lipinski definition) is 5. The minimum absolute atomic E-state index is 0.122. The quantitative estimate of drug-likeness (QED) is 0.764. The predicted octanol–water partition coefficient (Wildman–Crippen LogP) is 3.64. The number of amides is 3. The molecular formula is C23H24N2O5. The monoisotopic (exact) mass is 408 g/mol. The smallest absolute Gasteiger partial charge is 0.255 e. The van der Waals surface area contributed by atoms with E-state index >= 15 is 0 Å². The molecule has 2 aromatic rings. The van der Waals surface area contributed by atoms with Crippen LogP contribution >= 0.6 is 0 Å². The molecule has 2 unspecified atom stereocenters. The van der Waals surface area contributed by atoms with Crippen molar-refractivity contribution in [3.05, 3.63) is 48.0 Å². The lowest BCUT2D eigenvalue weighted by atomic mass is 9.81. The maximum absolute atomic E-state index is 12.7. The molecule has 0 spiro atoms. The number of hydrogen-bond donors (Lipinski definition) is 1. The van der Waals surface area contributed by atoms with Crippen LogP contribution in [0.5, 0.6) is 11.5 Å². The first kappa shape index (κ1) is 19.9. The van der Waals surface area contributed by atoms with Crippen LogP contribution in [-0.2, 0) is 9.59 Å². The highest BCUT2D eigenvalue weighted by Crippen LogP contribution is 2.40.